The molecule has 0 radical (unpaired) electrons. The van der Waals surface area contributed by atoms with Gasteiger partial charge in [0, 0.05) is 12.2 Å². The molecule has 20 heavy (non-hydrogen) atoms. The van der Waals surface area contributed by atoms with Gasteiger partial charge in [0.15, 0.2) is 0 Å². The van der Waals surface area contributed by atoms with E-state index in [0.29, 0.717) is 6.54 Å². The lowest BCUT2D eigenvalue weighted by Crippen LogP contribution is -2.23. The lowest BCUT2D eigenvalue weighted by atomic mass is 10.1. The molecule has 0 saturated heterocycles. The summed E-state index contributed by atoms with van der Waals surface area (Å²) in [7, 11) is 0. The highest BCUT2D eigenvalue weighted by atomic mass is 16.4. The summed E-state index contributed by atoms with van der Waals surface area (Å²) in [5.74, 6) is -0.995. The van der Waals surface area contributed by atoms with Crippen molar-refractivity contribution in [2.45, 2.75) is 20.4 Å². The first-order valence-electron chi connectivity index (χ1n) is 6.61. The molecule has 0 spiro atoms. The van der Waals surface area contributed by atoms with Crippen LogP contribution in [0, 0.1) is 6.92 Å². The molecule has 0 amide bonds. The summed E-state index contributed by atoms with van der Waals surface area (Å²) < 4.78 is 0. The Morgan fingerprint density at radius 2 is 1.95 bits per heavy atom. The van der Waals surface area contributed by atoms with E-state index in [-0.39, 0.29) is 5.69 Å². The lowest BCUT2D eigenvalue weighted by Gasteiger charge is -2.24. The van der Waals surface area contributed by atoms with E-state index in [1.165, 1.54) is 11.6 Å². The largest absolute Gasteiger partial charge is 0.477 e. The second-order valence-corrected chi connectivity index (χ2v) is 4.62. The molecule has 1 aromatic carbocycles. The van der Waals surface area contributed by atoms with Crippen LogP contribution in [0.3, 0.4) is 0 Å². The van der Waals surface area contributed by atoms with E-state index < -0.39 is 5.97 Å². The zero-order valence-corrected chi connectivity index (χ0v) is 11.7. The molecule has 4 heteroatoms. The Labute approximate surface area is 118 Å². The third-order valence-corrected chi connectivity index (χ3v) is 3.22. The van der Waals surface area contributed by atoms with Gasteiger partial charge in [-0.05, 0) is 37.6 Å². The SMILES string of the molecule is CCN(Cc1cccc(C(=O)O)n1)c1ccccc1C. The summed E-state index contributed by atoms with van der Waals surface area (Å²) in [6.45, 7) is 5.58. The molecule has 0 fully saturated rings. The van der Waals surface area contributed by atoms with Gasteiger partial charge in [-0.3, -0.25) is 0 Å². The molecule has 0 unspecified atom stereocenters. The van der Waals surface area contributed by atoms with Crippen molar-refractivity contribution in [3.63, 3.8) is 0 Å². The topological polar surface area (TPSA) is 53.4 Å². The molecule has 1 aromatic heterocycles. The minimum Gasteiger partial charge on any atom is -0.477 e. The first-order chi connectivity index (χ1) is 9.61. The predicted octanol–water partition coefficient (Wildman–Crippen LogP) is 3.11. The minimum absolute atomic E-state index is 0.0864. The average Bonchev–Trinajstić information content (AvgIpc) is 2.46. The minimum atomic E-state index is -0.995. The van der Waals surface area contributed by atoms with Crippen molar-refractivity contribution in [1.82, 2.24) is 4.98 Å². The van der Waals surface area contributed by atoms with Gasteiger partial charge in [-0.2, -0.15) is 0 Å². The maximum absolute atomic E-state index is 11.0. The number of carboxylic acid groups (broad SMARTS) is 1. The highest BCUT2D eigenvalue weighted by Crippen LogP contribution is 2.20. The molecule has 104 valence electrons. The number of anilines is 1. The van der Waals surface area contributed by atoms with Gasteiger partial charge in [-0.15, -0.1) is 0 Å². The van der Waals surface area contributed by atoms with E-state index in [2.05, 4.69) is 35.9 Å². The zero-order valence-electron chi connectivity index (χ0n) is 11.7. The van der Waals surface area contributed by atoms with Gasteiger partial charge in [0.1, 0.15) is 5.69 Å². The highest BCUT2D eigenvalue weighted by Gasteiger charge is 2.10. The summed E-state index contributed by atoms with van der Waals surface area (Å²) >= 11 is 0. The van der Waals surface area contributed by atoms with Crippen LogP contribution in [0.25, 0.3) is 0 Å². The number of pyridine rings is 1. The Kier molecular flexibility index (Phi) is 4.35. The van der Waals surface area contributed by atoms with Crippen LogP contribution >= 0.6 is 0 Å². The molecule has 0 aliphatic heterocycles. The summed E-state index contributed by atoms with van der Waals surface area (Å²) in [6.07, 6.45) is 0. The Balaban J connectivity index is 2.25. The Morgan fingerprint density at radius 1 is 1.20 bits per heavy atom. The number of aromatic carboxylic acids is 1. The van der Waals surface area contributed by atoms with Crippen molar-refractivity contribution in [1.29, 1.82) is 0 Å². The second-order valence-electron chi connectivity index (χ2n) is 4.62. The molecule has 0 bridgehead atoms. The number of aromatic nitrogens is 1. The fraction of sp³-hybridized carbons (Fsp3) is 0.250. The van der Waals surface area contributed by atoms with Crippen LogP contribution in [0.4, 0.5) is 5.69 Å². The molecule has 1 N–H and O–H groups in total. The molecule has 0 aliphatic rings. The van der Waals surface area contributed by atoms with Crippen molar-refractivity contribution in [2.75, 3.05) is 11.4 Å². The van der Waals surface area contributed by atoms with E-state index in [9.17, 15) is 4.79 Å². The molecular weight excluding hydrogens is 252 g/mol. The van der Waals surface area contributed by atoms with E-state index in [1.54, 1.807) is 6.07 Å². The highest BCUT2D eigenvalue weighted by molar-refractivity contribution is 5.85. The van der Waals surface area contributed by atoms with Gasteiger partial charge in [0.05, 0.1) is 12.2 Å². The van der Waals surface area contributed by atoms with E-state index in [1.807, 2.05) is 18.2 Å². The van der Waals surface area contributed by atoms with Gasteiger partial charge in [-0.1, -0.05) is 24.3 Å². The van der Waals surface area contributed by atoms with Crippen LogP contribution in [-0.4, -0.2) is 22.6 Å². The molecule has 4 nitrogen and oxygen atoms in total. The van der Waals surface area contributed by atoms with Crippen LogP contribution in [0.2, 0.25) is 0 Å². The predicted molar refractivity (Wildman–Crippen MR) is 79.1 cm³/mol. The Bertz CT molecular complexity index is 611. The standard InChI is InChI=1S/C16H18N2O2/c1-3-18(15-10-5-4-7-12(15)2)11-13-8-6-9-14(17-13)16(19)20/h4-10H,3,11H2,1-2H3,(H,19,20). The third kappa shape index (κ3) is 3.15. The summed E-state index contributed by atoms with van der Waals surface area (Å²) in [5.41, 5.74) is 3.19. The van der Waals surface area contributed by atoms with E-state index in [4.69, 9.17) is 5.11 Å². The maximum Gasteiger partial charge on any atom is 0.354 e. The number of nitrogens with zero attached hydrogens (tertiary/aromatic N) is 2. The quantitative estimate of drug-likeness (QED) is 0.907. The van der Waals surface area contributed by atoms with Crippen LogP contribution < -0.4 is 4.90 Å². The monoisotopic (exact) mass is 270 g/mol. The van der Waals surface area contributed by atoms with Crippen LogP contribution in [0.1, 0.15) is 28.7 Å². The number of carbonyl (C=O) groups is 1. The molecule has 0 saturated carbocycles. The van der Waals surface area contributed by atoms with Crippen molar-refractivity contribution < 1.29 is 9.90 Å². The lowest BCUT2D eigenvalue weighted by molar-refractivity contribution is 0.0690. The van der Waals surface area contributed by atoms with E-state index >= 15 is 0 Å². The first-order valence-corrected chi connectivity index (χ1v) is 6.61. The van der Waals surface area contributed by atoms with Gasteiger partial charge in [-0.25, -0.2) is 9.78 Å². The van der Waals surface area contributed by atoms with Crippen LogP contribution in [0.5, 0.6) is 0 Å². The second kappa shape index (κ2) is 6.19. The number of aryl methyl sites for hydroxylation is 1. The Morgan fingerprint density at radius 3 is 2.60 bits per heavy atom. The zero-order chi connectivity index (χ0) is 14.5. The molecule has 2 aromatic rings. The molecular formula is C16H18N2O2. The number of benzene rings is 1. The summed E-state index contributed by atoms with van der Waals surface area (Å²) in [6, 6.07) is 13.3. The fourth-order valence-corrected chi connectivity index (χ4v) is 2.17. The summed E-state index contributed by atoms with van der Waals surface area (Å²) in [4.78, 5) is 17.3. The number of hydrogen-bond acceptors (Lipinski definition) is 3. The van der Waals surface area contributed by atoms with Gasteiger partial charge >= 0.3 is 5.97 Å². The first kappa shape index (κ1) is 14.1. The van der Waals surface area contributed by atoms with Gasteiger partial charge in [0.2, 0.25) is 0 Å². The normalized spacial score (nSPS) is 10.3. The van der Waals surface area contributed by atoms with E-state index in [0.717, 1.165) is 17.9 Å². The fourth-order valence-electron chi connectivity index (χ4n) is 2.17. The van der Waals surface area contributed by atoms with Gasteiger partial charge in [0.25, 0.3) is 0 Å². The summed E-state index contributed by atoms with van der Waals surface area (Å²) in [5, 5.41) is 8.99. The van der Waals surface area contributed by atoms with Crippen LogP contribution in [0.15, 0.2) is 42.5 Å². The number of hydrogen-bond donors (Lipinski definition) is 1. The molecule has 1 heterocycles. The van der Waals surface area contributed by atoms with Crippen molar-refractivity contribution in [2.24, 2.45) is 0 Å². The van der Waals surface area contributed by atoms with Crippen molar-refractivity contribution in [3.05, 3.63) is 59.4 Å². The van der Waals surface area contributed by atoms with Crippen molar-refractivity contribution in [3.8, 4) is 0 Å². The molecule has 0 aliphatic carbocycles. The maximum atomic E-state index is 11.0. The molecule has 0 atom stereocenters. The van der Waals surface area contributed by atoms with Gasteiger partial charge < -0.3 is 10.0 Å². The average molecular weight is 270 g/mol. The number of para-hydroxylation sites is 1. The third-order valence-electron chi connectivity index (χ3n) is 3.22. The molecule has 2 rings (SSSR count). The number of rotatable bonds is 5. The smallest absolute Gasteiger partial charge is 0.354 e. The van der Waals surface area contributed by atoms with Crippen LogP contribution in [-0.2, 0) is 6.54 Å². The Hall–Kier alpha value is -2.36. The number of carboxylic acids is 1. The van der Waals surface area contributed by atoms with Crippen molar-refractivity contribution >= 4 is 11.7 Å².